The molecule has 4 rings (SSSR count). The summed E-state index contributed by atoms with van der Waals surface area (Å²) in [5.41, 5.74) is -0.162. The zero-order chi connectivity index (χ0) is 22.2. The zero-order valence-corrected chi connectivity index (χ0v) is 16.8. The summed E-state index contributed by atoms with van der Waals surface area (Å²) in [7, 11) is 0. The van der Waals surface area contributed by atoms with E-state index in [9.17, 15) is 22.8 Å². The van der Waals surface area contributed by atoms with Crippen molar-refractivity contribution in [1.82, 2.24) is 18.9 Å². The first-order chi connectivity index (χ1) is 14.8. The zero-order valence-electron chi connectivity index (χ0n) is 16.0. The standard InChI is InChI=1S/C20H14F3N5O2S/c1-11-25-17-16(12-6-8-24-9-7-12)27-31-18(17)19(30)28(11)10-15(29)26-14-5-3-2-4-13(14)20(21,22)23/h2-9H,10H2,1H3,(H,26,29). The topological polar surface area (TPSA) is 89.8 Å². The van der Waals surface area contributed by atoms with Crippen LogP contribution in [0.2, 0.25) is 0 Å². The Kier molecular flexibility index (Phi) is 5.27. The second kappa shape index (κ2) is 7.91. The van der Waals surface area contributed by atoms with Crippen LogP contribution in [0.4, 0.5) is 18.9 Å². The molecule has 31 heavy (non-hydrogen) atoms. The summed E-state index contributed by atoms with van der Waals surface area (Å²) in [5.74, 6) is -0.533. The molecule has 0 saturated heterocycles. The van der Waals surface area contributed by atoms with Gasteiger partial charge in [-0.05, 0) is 42.7 Å². The van der Waals surface area contributed by atoms with E-state index in [2.05, 4.69) is 19.7 Å². The van der Waals surface area contributed by atoms with E-state index < -0.39 is 29.8 Å². The molecule has 7 nitrogen and oxygen atoms in total. The summed E-state index contributed by atoms with van der Waals surface area (Å²) in [6, 6.07) is 8.12. The van der Waals surface area contributed by atoms with Gasteiger partial charge in [0.1, 0.15) is 28.3 Å². The quantitative estimate of drug-likeness (QED) is 0.515. The smallest absolute Gasteiger partial charge is 0.324 e. The summed E-state index contributed by atoms with van der Waals surface area (Å²) < 4.78 is 45.1. The molecule has 0 fully saturated rings. The van der Waals surface area contributed by atoms with Gasteiger partial charge in [0.15, 0.2) is 0 Å². The minimum absolute atomic E-state index is 0.243. The van der Waals surface area contributed by atoms with Crippen molar-refractivity contribution in [3.8, 4) is 11.3 Å². The van der Waals surface area contributed by atoms with Crippen molar-refractivity contribution in [3.05, 3.63) is 70.5 Å². The van der Waals surface area contributed by atoms with Gasteiger partial charge >= 0.3 is 6.18 Å². The lowest BCUT2D eigenvalue weighted by Gasteiger charge is -2.14. The second-order valence-electron chi connectivity index (χ2n) is 6.59. The largest absolute Gasteiger partial charge is 0.418 e. The molecule has 3 heterocycles. The lowest BCUT2D eigenvalue weighted by Crippen LogP contribution is -2.30. The number of nitrogens with zero attached hydrogens (tertiary/aromatic N) is 4. The minimum atomic E-state index is -4.62. The minimum Gasteiger partial charge on any atom is -0.324 e. The highest BCUT2D eigenvalue weighted by molar-refractivity contribution is 7.13. The van der Waals surface area contributed by atoms with E-state index in [0.717, 1.165) is 33.8 Å². The van der Waals surface area contributed by atoms with Gasteiger partial charge in [-0.2, -0.15) is 17.5 Å². The molecule has 0 unspecified atom stereocenters. The Morgan fingerprint density at radius 2 is 1.87 bits per heavy atom. The van der Waals surface area contributed by atoms with Crippen LogP contribution in [-0.4, -0.2) is 24.8 Å². The summed E-state index contributed by atoms with van der Waals surface area (Å²) >= 11 is 0.948. The van der Waals surface area contributed by atoms with Crippen molar-refractivity contribution < 1.29 is 18.0 Å². The van der Waals surface area contributed by atoms with Crippen LogP contribution in [0.25, 0.3) is 21.5 Å². The first-order valence-electron chi connectivity index (χ1n) is 8.99. The van der Waals surface area contributed by atoms with Crippen molar-refractivity contribution in [1.29, 1.82) is 0 Å². The Morgan fingerprint density at radius 3 is 2.58 bits per heavy atom. The van der Waals surface area contributed by atoms with Crippen LogP contribution >= 0.6 is 11.5 Å². The van der Waals surface area contributed by atoms with E-state index in [1.54, 1.807) is 31.5 Å². The molecule has 158 valence electrons. The Morgan fingerprint density at radius 1 is 1.16 bits per heavy atom. The van der Waals surface area contributed by atoms with Gasteiger partial charge in [-0.25, -0.2) is 4.98 Å². The number of carbonyl (C=O) groups is 1. The number of halogens is 3. The van der Waals surface area contributed by atoms with Crippen LogP contribution in [-0.2, 0) is 17.5 Å². The number of pyridine rings is 1. The van der Waals surface area contributed by atoms with Crippen molar-refractivity contribution >= 4 is 33.3 Å². The third-order valence-corrected chi connectivity index (χ3v) is 5.36. The molecule has 0 aliphatic heterocycles. The average Bonchev–Trinajstić information content (AvgIpc) is 3.15. The Labute approximate surface area is 177 Å². The molecule has 3 aromatic heterocycles. The predicted molar refractivity (Wildman–Crippen MR) is 110 cm³/mol. The van der Waals surface area contributed by atoms with Gasteiger partial charge in [0.25, 0.3) is 5.56 Å². The van der Waals surface area contributed by atoms with E-state index in [-0.39, 0.29) is 16.2 Å². The molecule has 0 saturated carbocycles. The fraction of sp³-hybridized carbons (Fsp3) is 0.150. The summed E-state index contributed by atoms with van der Waals surface area (Å²) in [4.78, 5) is 33.7. The SMILES string of the molecule is Cc1nc2c(-c3ccncc3)nsc2c(=O)n1CC(=O)Nc1ccccc1C(F)(F)F. The maximum atomic E-state index is 13.1. The van der Waals surface area contributed by atoms with Crippen molar-refractivity contribution in [2.24, 2.45) is 0 Å². The highest BCUT2D eigenvalue weighted by atomic mass is 32.1. The first kappa shape index (κ1) is 20.7. The first-order valence-corrected chi connectivity index (χ1v) is 9.76. The third-order valence-electron chi connectivity index (χ3n) is 4.53. The van der Waals surface area contributed by atoms with Crippen LogP contribution in [0.3, 0.4) is 0 Å². The fourth-order valence-electron chi connectivity index (χ4n) is 3.08. The van der Waals surface area contributed by atoms with Gasteiger partial charge in [0, 0.05) is 18.0 Å². The fourth-order valence-corrected chi connectivity index (χ4v) is 3.87. The Balaban J connectivity index is 1.66. The molecule has 0 atom stereocenters. The Hall–Kier alpha value is -3.60. The van der Waals surface area contributed by atoms with Crippen LogP contribution in [0.5, 0.6) is 0 Å². The summed E-state index contributed by atoms with van der Waals surface area (Å²) in [6.07, 6.45) is -1.43. The van der Waals surface area contributed by atoms with Crippen LogP contribution in [0.15, 0.2) is 53.6 Å². The normalized spacial score (nSPS) is 11.6. The third kappa shape index (κ3) is 4.04. The lowest BCUT2D eigenvalue weighted by atomic mass is 10.1. The monoisotopic (exact) mass is 445 g/mol. The van der Waals surface area contributed by atoms with Gasteiger partial charge in [-0.3, -0.25) is 19.1 Å². The number of anilines is 1. The van der Waals surface area contributed by atoms with Crippen molar-refractivity contribution in [2.75, 3.05) is 5.32 Å². The molecule has 0 bridgehead atoms. The number of para-hydroxylation sites is 1. The molecule has 0 radical (unpaired) electrons. The molecule has 0 aliphatic carbocycles. The number of hydrogen-bond donors (Lipinski definition) is 1. The van der Waals surface area contributed by atoms with E-state index in [4.69, 9.17) is 0 Å². The maximum absolute atomic E-state index is 13.1. The maximum Gasteiger partial charge on any atom is 0.418 e. The number of nitrogens with one attached hydrogen (secondary N) is 1. The number of carbonyl (C=O) groups excluding carboxylic acids is 1. The summed E-state index contributed by atoms with van der Waals surface area (Å²) in [6.45, 7) is 1.06. The van der Waals surface area contributed by atoms with E-state index in [1.807, 2.05) is 0 Å². The molecule has 1 aromatic carbocycles. The Bertz CT molecular complexity index is 1330. The van der Waals surface area contributed by atoms with E-state index in [0.29, 0.717) is 11.2 Å². The lowest BCUT2D eigenvalue weighted by molar-refractivity contribution is -0.137. The molecule has 1 N–H and O–H groups in total. The molecular weight excluding hydrogens is 431 g/mol. The van der Waals surface area contributed by atoms with Crippen LogP contribution < -0.4 is 10.9 Å². The van der Waals surface area contributed by atoms with Crippen molar-refractivity contribution in [2.45, 2.75) is 19.6 Å². The van der Waals surface area contributed by atoms with Gasteiger partial charge < -0.3 is 5.32 Å². The van der Waals surface area contributed by atoms with Gasteiger partial charge in [-0.15, -0.1) is 0 Å². The highest BCUT2D eigenvalue weighted by Gasteiger charge is 2.33. The molecule has 0 spiro atoms. The molecule has 1 amide bonds. The molecular formula is C20H14F3N5O2S. The average molecular weight is 445 g/mol. The van der Waals surface area contributed by atoms with Crippen LogP contribution in [0.1, 0.15) is 11.4 Å². The number of aromatic nitrogens is 4. The van der Waals surface area contributed by atoms with Gasteiger partial charge in [0.05, 0.1) is 11.3 Å². The number of rotatable bonds is 4. The van der Waals surface area contributed by atoms with Gasteiger partial charge in [0.2, 0.25) is 5.91 Å². The van der Waals surface area contributed by atoms with Crippen molar-refractivity contribution in [3.63, 3.8) is 0 Å². The molecule has 0 aliphatic rings. The second-order valence-corrected chi connectivity index (χ2v) is 7.36. The highest BCUT2D eigenvalue weighted by Crippen LogP contribution is 2.34. The van der Waals surface area contributed by atoms with E-state index >= 15 is 0 Å². The number of hydrogen-bond acceptors (Lipinski definition) is 6. The number of benzene rings is 1. The predicted octanol–water partition coefficient (Wildman–Crippen LogP) is 3.88. The number of aryl methyl sites for hydroxylation is 1. The molecule has 11 heteroatoms. The number of fused-ring (bicyclic) bond motifs is 1. The molecule has 4 aromatic rings. The number of alkyl halides is 3. The van der Waals surface area contributed by atoms with Gasteiger partial charge in [-0.1, -0.05) is 12.1 Å². The number of amides is 1. The van der Waals surface area contributed by atoms with Crippen LogP contribution in [0, 0.1) is 6.92 Å². The van der Waals surface area contributed by atoms with E-state index in [1.165, 1.54) is 12.1 Å². The summed E-state index contributed by atoms with van der Waals surface area (Å²) in [5, 5.41) is 2.23.